The van der Waals surface area contributed by atoms with Gasteiger partial charge in [-0.05, 0) is 27.7 Å². The summed E-state index contributed by atoms with van der Waals surface area (Å²) < 4.78 is 20.0. The van der Waals surface area contributed by atoms with Crippen LogP contribution in [-0.2, 0) is 9.05 Å². The van der Waals surface area contributed by atoms with E-state index in [1.165, 1.54) is 0 Å². The molecular formula is C11H23N2O3P. The van der Waals surface area contributed by atoms with Gasteiger partial charge in [-0.3, -0.25) is 0 Å². The molecule has 0 saturated heterocycles. The lowest BCUT2D eigenvalue weighted by molar-refractivity contribution is 0.147. The van der Waals surface area contributed by atoms with E-state index in [9.17, 15) is 0 Å². The molecule has 0 amide bonds. The fourth-order valence-electron chi connectivity index (χ4n) is 1.43. The SMILES string of the molecule is [2H]OCCOP(OCCC#N)N(C(C)C)C(C)C. The molecule has 100 valence electrons. The Morgan fingerprint density at radius 2 is 1.88 bits per heavy atom. The smallest absolute Gasteiger partial charge is 0.259 e. The highest BCUT2D eigenvalue weighted by atomic mass is 31.2. The van der Waals surface area contributed by atoms with Crippen molar-refractivity contribution in [2.24, 2.45) is 0 Å². The number of nitrogens with zero attached hydrogens (tertiary/aromatic N) is 2. The molecule has 5 nitrogen and oxygen atoms in total. The highest BCUT2D eigenvalue weighted by molar-refractivity contribution is 7.44. The van der Waals surface area contributed by atoms with Crippen LogP contribution in [0.4, 0.5) is 0 Å². The predicted molar refractivity (Wildman–Crippen MR) is 68.3 cm³/mol. The molecule has 0 radical (unpaired) electrons. The molecule has 6 heteroatoms. The minimum Gasteiger partial charge on any atom is -0.394 e. The maximum absolute atomic E-state index is 8.53. The van der Waals surface area contributed by atoms with Crippen LogP contribution in [0.2, 0.25) is 0 Å². The number of hydrogen-bond acceptors (Lipinski definition) is 5. The molecule has 0 heterocycles. The fraction of sp³-hybridized carbons (Fsp3) is 0.909. The molecule has 0 aromatic heterocycles. The molecule has 1 atom stereocenters. The lowest BCUT2D eigenvalue weighted by atomic mass is 10.3. The fourth-order valence-corrected chi connectivity index (χ4v) is 3.00. The summed E-state index contributed by atoms with van der Waals surface area (Å²) in [5.41, 5.74) is 0. The second kappa shape index (κ2) is 9.76. The molecule has 0 aliphatic carbocycles. The molecule has 17 heavy (non-hydrogen) atoms. The summed E-state index contributed by atoms with van der Waals surface area (Å²) >= 11 is 0. The first-order valence-electron chi connectivity index (χ1n) is 6.24. The van der Waals surface area contributed by atoms with Gasteiger partial charge in [-0.25, -0.2) is 4.67 Å². The van der Waals surface area contributed by atoms with Gasteiger partial charge in [0, 0.05) is 12.1 Å². The van der Waals surface area contributed by atoms with Crippen molar-refractivity contribution in [3.63, 3.8) is 0 Å². The first kappa shape index (κ1) is 14.8. The summed E-state index contributed by atoms with van der Waals surface area (Å²) in [5, 5.41) is 12.8. The van der Waals surface area contributed by atoms with Crippen molar-refractivity contribution >= 4 is 8.53 Å². The van der Waals surface area contributed by atoms with Crippen molar-refractivity contribution in [2.75, 3.05) is 19.8 Å². The van der Waals surface area contributed by atoms with Crippen molar-refractivity contribution < 1.29 is 14.2 Å². The maximum atomic E-state index is 8.53. The summed E-state index contributed by atoms with van der Waals surface area (Å²) in [6.45, 7) is 9.20. The summed E-state index contributed by atoms with van der Waals surface area (Å²) in [4.78, 5) is 0. The summed E-state index contributed by atoms with van der Waals surface area (Å²) in [6.07, 6.45) is 0.348. The predicted octanol–water partition coefficient (Wildman–Crippen LogP) is 2.27. The molecule has 0 spiro atoms. The van der Waals surface area contributed by atoms with Crippen LogP contribution < -0.4 is 0 Å². The van der Waals surface area contributed by atoms with Crippen LogP contribution in [0.5, 0.6) is 0 Å². The Labute approximate surface area is 107 Å². The molecule has 0 aliphatic rings. The summed E-state index contributed by atoms with van der Waals surface area (Å²) in [6, 6.07) is 2.62. The third-order valence-corrected chi connectivity index (χ3v) is 4.06. The molecule has 0 aromatic carbocycles. The van der Waals surface area contributed by atoms with Crippen molar-refractivity contribution in [3.05, 3.63) is 0 Å². The standard InChI is InChI=1S/C11H23N2O3P/c1-10(2)13(11(3)4)17(16-9-7-14)15-8-5-6-12/h10-11,14H,5,7-9H2,1-4H3/i14D. The van der Waals surface area contributed by atoms with Gasteiger partial charge in [0.1, 0.15) is 0 Å². The Kier molecular flexibility index (Phi) is 8.50. The third kappa shape index (κ3) is 6.92. The molecule has 0 bridgehead atoms. The first-order valence-corrected chi connectivity index (χ1v) is 6.96. The van der Waals surface area contributed by atoms with Crippen LogP contribution in [0.1, 0.15) is 34.1 Å². The topological polar surface area (TPSA) is 65.7 Å². The van der Waals surface area contributed by atoms with E-state index in [1.54, 1.807) is 0 Å². The zero-order valence-electron chi connectivity index (χ0n) is 12.0. The third-order valence-electron chi connectivity index (χ3n) is 1.95. The summed E-state index contributed by atoms with van der Waals surface area (Å²) in [7, 11) is -1.21. The minimum absolute atomic E-state index is 0.213. The molecule has 1 unspecified atom stereocenters. The molecule has 0 aliphatic heterocycles. The van der Waals surface area contributed by atoms with Gasteiger partial charge in [-0.2, -0.15) is 5.26 Å². The second-order valence-corrected chi connectivity index (χ2v) is 5.54. The normalized spacial score (nSPS) is 14.1. The van der Waals surface area contributed by atoms with Gasteiger partial charge in [0.05, 0.1) is 32.3 Å². The molecule has 0 aromatic rings. The average Bonchev–Trinajstić information content (AvgIpc) is 2.28. The van der Waals surface area contributed by atoms with E-state index in [-0.39, 0.29) is 18.7 Å². The Morgan fingerprint density at radius 1 is 1.29 bits per heavy atom. The van der Waals surface area contributed by atoms with Gasteiger partial charge in [-0.15, -0.1) is 0 Å². The summed E-state index contributed by atoms with van der Waals surface area (Å²) in [5.74, 6) is 0. The Balaban J connectivity index is 4.44. The average molecular weight is 263 g/mol. The van der Waals surface area contributed by atoms with Crippen LogP contribution in [0.25, 0.3) is 0 Å². The second-order valence-electron chi connectivity index (χ2n) is 4.08. The zero-order chi connectivity index (χ0) is 14.0. The van der Waals surface area contributed by atoms with Gasteiger partial charge in [0.25, 0.3) is 8.53 Å². The number of rotatable bonds is 10. The number of aliphatic hydroxyl groups excluding tert-OH is 1. The van der Waals surface area contributed by atoms with Gasteiger partial charge in [-0.1, -0.05) is 0 Å². The Hall–Kier alpha value is -0.240. The van der Waals surface area contributed by atoms with Gasteiger partial charge in [0.2, 0.25) is 1.43 Å². The van der Waals surface area contributed by atoms with Crippen molar-refractivity contribution in [1.82, 2.24) is 4.67 Å². The Morgan fingerprint density at radius 3 is 2.35 bits per heavy atom. The van der Waals surface area contributed by atoms with E-state index >= 15 is 0 Å². The molecule has 0 fully saturated rings. The van der Waals surface area contributed by atoms with Crippen LogP contribution in [0.3, 0.4) is 0 Å². The lowest BCUT2D eigenvalue weighted by Gasteiger charge is -2.35. The van der Waals surface area contributed by atoms with Gasteiger partial charge in [0.15, 0.2) is 0 Å². The van der Waals surface area contributed by atoms with Crippen LogP contribution in [-0.4, -0.2) is 43.1 Å². The first-order chi connectivity index (χ1) is 8.54. The van der Waals surface area contributed by atoms with E-state index in [0.29, 0.717) is 19.6 Å². The van der Waals surface area contributed by atoms with Crippen molar-refractivity contribution in [1.29, 1.82) is 6.69 Å². The van der Waals surface area contributed by atoms with E-state index in [1.807, 2.05) is 6.07 Å². The molecule has 0 rings (SSSR count). The van der Waals surface area contributed by atoms with Crippen LogP contribution in [0, 0.1) is 11.3 Å². The van der Waals surface area contributed by atoms with E-state index < -0.39 is 8.53 Å². The number of hydrogen-bond donors (Lipinski definition) is 1. The van der Waals surface area contributed by atoms with Gasteiger partial charge < -0.3 is 14.2 Å². The zero-order valence-corrected chi connectivity index (χ0v) is 11.9. The minimum atomic E-state index is -1.21. The van der Waals surface area contributed by atoms with Crippen molar-refractivity contribution in [2.45, 2.75) is 46.2 Å². The maximum Gasteiger partial charge on any atom is 0.259 e. The van der Waals surface area contributed by atoms with Gasteiger partial charge >= 0.3 is 0 Å². The van der Waals surface area contributed by atoms with E-state index in [2.05, 4.69) is 37.5 Å². The lowest BCUT2D eigenvalue weighted by Crippen LogP contribution is -2.33. The highest BCUT2D eigenvalue weighted by Gasteiger charge is 2.26. The van der Waals surface area contributed by atoms with Crippen LogP contribution >= 0.6 is 8.53 Å². The quantitative estimate of drug-likeness (QED) is 0.484. The monoisotopic (exact) mass is 263 g/mol. The van der Waals surface area contributed by atoms with Crippen LogP contribution in [0.15, 0.2) is 0 Å². The highest BCUT2D eigenvalue weighted by Crippen LogP contribution is 2.45. The molecule has 1 N–H and O–H groups in total. The largest absolute Gasteiger partial charge is 0.394 e. The number of aliphatic hydroxyl groups is 1. The molecular weight excluding hydrogens is 239 g/mol. The Bertz CT molecular complexity index is 241. The van der Waals surface area contributed by atoms with E-state index in [0.717, 1.165) is 0 Å². The molecule has 0 saturated carbocycles. The van der Waals surface area contributed by atoms with E-state index in [4.69, 9.17) is 15.7 Å². The van der Waals surface area contributed by atoms with Crippen molar-refractivity contribution in [3.8, 4) is 6.07 Å². The number of nitriles is 1.